The van der Waals surface area contributed by atoms with Crippen LogP contribution >= 0.6 is 0 Å². The van der Waals surface area contributed by atoms with Crippen molar-refractivity contribution in [3.63, 3.8) is 0 Å². The molecule has 5 heteroatoms. The third-order valence-electron chi connectivity index (χ3n) is 6.58. The molecule has 2 aliphatic carbocycles. The van der Waals surface area contributed by atoms with Crippen LogP contribution in [0, 0.1) is 17.8 Å². The summed E-state index contributed by atoms with van der Waals surface area (Å²) in [6, 6.07) is 7.28. The van der Waals surface area contributed by atoms with Gasteiger partial charge in [0.25, 0.3) is 5.91 Å². The summed E-state index contributed by atoms with van der Waals surface area (Å²) >= 11 is 0. The number of rotatable bonds is 4. The molecule has 2 bridgehead atoms. The molecular formula is C21H29N3O2. The molecule has 1 aliphatic heterocycles. The van der Waals surface area contributed by atoms with Crippen LogP contribution in [0.3, 0.4) is 0 Å². The van der Waals surface area contributed by atoms with Crippen LogP contribution in [0.5, 0.6) is 0 Å². The quantitative estimate of drug-likeness (QED) is 0.861. The highest BCUT2D eigenvalue weighted by Gasteiger charge is 2.42. The van der Waals surface area contributed by atoms with Crippen LogP contribution in [0.1, 0.15) is 55.8 Å². The Bertz CT molecular complexity index is 666. The molecule has 5 nitrogen and oxygen atoms in total. The topological polar surface area (TPSA) is 61.4 Å². The molecule has 3 amide bonds. The monoisotopic (exact) mass is 355 g/mol. The first-order valence-corrected chi connectivity index (χ1v) is 10.1. The number of anilines is 1. The van der Waals surface area contributed by atoms with Crippen LogP contribution < -0.4 is 10.6 Å². The second kappa shape index (κ2) is 7.29. The molecule has 2 N–H and O–H groups in total. The molecule has 3 fully saturated rings. The number of carbonyl (C=O) groups is 2. The molecule has 4 unspecified atom stereocenters. The van der Waals surface area contributed by atoms with Crippen molar-refractivity contribution in [3.05, 3.63) is 29.8 Å². The molecule has 0 spiro atoms. The Kier molecular flexibility index (Phi) is 4.88. The van der Waals surface area contributed by atoms with Crippen LogP contribution in [-0.4, -0.2) is 36.0 Å². The Balaban J connectivity index is 1.29. The van der Waals surface area contributed by atoms with Gasteiger partial charge in [-0.3, -0.25) is 4.79 Å². The SMILES string of the molecule is CC(NC(=O)Nc1ccc(C(=O)N2CCCC2)cc1)C1CC2CCC1C2. The zero-order valence-corrected chi connectivity index (χ0v) is 15.5. The first-order chi connectivity index (χ1) is 12.6. The van der Waals surface area contributed by atoms with Gasteiger partial charge in [-0.15, -0.1) is 0 Å². The van der Waals surface area contributed by atoms with E-state index in [2.05, 4.69) is 17.6 Å². The summed E-state index contributed by atoms with van der Waals surface area (Å²) in [6.45, 7) is 3.83. The summed E-state index contributed by atoms with van der Waals surface area (Å²) in [5.41, 5.74) is 1.41. The van der Waals surface area contributed by atoms with Crippen LogP contribution in [-0.2, 0) is 0 Å². The molecule has 4 rings (SSSR count). The van der Waals surface area contributed by atoms with Gasteiger partial charge in [-0.05, 0) is 81.0 Å². The van der Waals surface area contributed by atoms with Gasteiger partial charge in [-0.2, -0.15) is 0 Å². The van der Waals surface area contributed by atoms with Crippen molar-refractivity contribution in [2.24, 2.45) is 17.8 Å². The lowest BCUT2D eigenvalue weighted by atomic mass is 9.84. The molecule has 1 aromatic carbocycles. The van der Waals surface area contributed by atoms with Crippen LogP contribution in [0.25, 0.3) is 0 Å². The summed E-state index contributed by atoms with van der Waals surface area (Å²) < 4.78 is 0. The Morgan fingerprint density at radius 2 is 1.81 bits per heavy atom. The Morgan fingerprint density at radius 1 is 1.08 bits per heavy atom. The number of hydrogen-bond donors (Lipinski definition) is 2. The fourth-order valence-corrected chi connectivity index (χ4v) is 5.19. The van der Waals surface area contributed by atoms with Crippen molar-refractivity contribution in [2.45, 2.75) is 51.5 Å². The molecule has 1 aromatic rings. The summed E-state index contributed by atoms with van der Waals surface area (Å²) in [4.78, 5) is 26.6. The van der Waals surface area contributed by atoms with Gasteiger partial charge in [0.1, 0.15) is 0 Å². The number of urea groups is 1. The van der Waals surface area contributed by atoms with Gasteiger partial charge in [0.05, 0.1) is 0 Å². The zero-order valence-electron chi connectivity index (χ0n) is 15.5. The predicted molar refractivity (Wildman–Crippen MR) is 102 cm³/mol. The minimum Gasteiger partial charge on any atom is -0.339 e. The van der Waals surface area contributed by atoms with Crippen molar-refractivity contribution < 1.29 is 9.59 Å². The van der Waals surface area contributed by atoms with E-state index in [1.54, 1.807) is 12.1 Å². The minimum atomic E-state index is -0.154. The molecule has 0 aromatic heterocycles. The largest absolute Gasteiger partial charge is 0.339 e. The van der Waals surface area contributed by atoms with E-state index in [9.17, 15) is 9.59 Å². The third kappa shape index (κ3) is 3.57. The average Bonchev–Trinajstić information content (AvgIpc) is 3.39. The van der Waals surface area contributed by atoms with Crippen LogP contribution in [0.4, 0.5) is 10.5 Å². The highest BCUT2D eigenvalue weighted by molar-refractivity contribution is 5.95. The third-order valence-corrected chi connectivity index (χ3v) is 6.58. The van der Waals surface area contributed by atoms with Crippen LogP contribution in [0.15, 0.2) is 24.3 Å². The fraction of sp³-hybridized carbons (Fsp3) is 0.619. The van der Waals surface area contributed by atoms with Gasteiger partial charge in [0.15, 0.2) is 0 Å². The highest BCUT2D eigenvalue weighted by Crippen LogP contribution is 2.49. The van der Waals surface area contributed by atoms with Crippen molar-refractivity contribution in [2.75, 3.05) is 18.4 Å². The summed E-state index contributed by atoms with van der Waals surface area (Å²) in [7, 11) is 0. The molecule has 26 heavy (non-hydrogen) atoms. The van der Waals surface area contributed by atoms with E-state index >= 15 is 0 Å². The predicted octanol–water partition coefficient (Wildman–Crippen LogP) is 3.87. The lowest BCUT2D eigenvalue weighted by Crippen LogP contribution is -2.42. The van der Waals surface area contributed by atoms with E-state index in [0.717, 1.165) is 43.5 Å². The number of likely N-dealkylation sites (tertiary alicyclic amines) is 1. The normalized spacial score (nSPS) is 28.2. The van der Waals surface area contributed by atoms with E-state index in [-0.39, 0.29) is 18.0 Å². The molecule has 3 aliphatic rings. The summed E-state index contributed by atoms with van der Waals surface area (Å²) in [6.07, 6.45) is 7.50. The Labute approximate surface area is 155 Å². The number of benzene rings is 1. The minimum absolute atomic E-state index is 0.0865. The van der Waals surface area contributed by atoms with Crippen molar-refractivity contribution in [1.29, 1.82) is 0 Å². The lowest BCUT2D eigenvalue weighted by molar-refractivity contribution is 0.0793. The first-order valence-electron chi connectivity index (χ1n) is 10.1. The maximum Gasteiger partial charge on any atom is 0.319 e. The molecule has 1 heterocycles. The van der Waals surface area contributed by atoms with Crippen molar-refractivity contribution in [1.82, 2.24) is 10.2 Å². The van der Waals surface area contributed by atoms with E-state index in [0.29, 0.717) is 11.5 Å². The van der Waals surface area contributed by atoms with Gasteiger partial charge in [0.2, 0.25) is 0 Å². The maximum absolute atomic E-state index is 12.4. The van der Waals surface area contributed by atoms with Gasteiger partial charge in [0, 0.05) is 30.4 Å². The average molecular weight is 355 g/mol. The van der Waals surface area contributed by atoms with E-state index in [1.165, 1.54) is 25.7 Å². The van der Waals surface area contributed by atoms with Gasteiger partial charge in [-0.25, -0.2) is 4.79 Å². The number of carbonyl (C=O) groups excluding carboxylic acids is 2. The second-order valence-corrected chi connectivity index (χ2v) is 8.30. The van der Waals surface area contributed by atoms with Crippen LogP contribution in [0.2, 0.25) is 0 Å². The zero-order chi connectivity index (χ0) is 18.1. The summed E-state index contributed by atoms with van der Waals surface area (Å²) in [5, 5.41) is 6.01. The Hall–Kier alpha value is -2.04. The number of amides is 3. The molecule has 1 saturated heterocycles. The molecule has 140 valence electrons. The number of fused-ring (bicyclic) bond motifs is 2. The lowest BCUT2D eigenvalue weighted by Gasteiger charge is -2.28. The maximum atomic E-state index is 12.4. The first kappa shape index (κ1) is 17.4. The number of nitrogens with zero attached hydrogens (tertiary/aromatic N) is 1. The van der Waals surface area contributed by atoms with E-state index in [4.69, 9.17) is 0 Å². The van der Waals surface area contributed by atoms with E-state index < -0.39 is 0 Å². The number of nitrogens with one attached hydrogen (secondary N) is 2. The van der Waals surface area contributed by atoms with Gasteiger partial charge < -0.3 is 15.5 Å². The van der Waals surface area contributed by atoms with Crippen molar-refractivity contribution in [3.8, 4) is 0 Å². The van der Waals surface area contributed by atoms with Gasteiger partial charge in [-0.1, -0.05) is 6.42 Å². The molecule has 2 saturated carbocycles. The Morgan fingerprint density at radius 3 is 2.42 bits per heavy atom. The highest BCUT2D eigenvalue weighted by atomic mass is 16.2. The van der Waals surface area contributed by atoms with Gasteiger partial charge >= 0.3 is 6.03 Å². The molecule has 0 radical (unpaired) electrons. The van der Waals surface area contributed by atoms with E-state index in [1.807, 2.05) is 17.0 Å². The van der Waals surface area contributed by atoms with Crippen molar-refractivity contribution >= 4 is 17.6 Å². The number of hydrogen-bond acceptors (Lipinski definition) is 2. The second-order valence-electron chi connectivity index (χ2n) is 8.30. The molecular weight excluding hydrogens is 326 g/mol. The smallest absolute Gasteiger partial charge is 0.319 e. The molecule has 4 atom stereocenters. The standard InChI is InChI=1S/C21H29N3O2/c1-14(19-13-15-4-5-17(19)12-15)22-21(26)23-18-8-6-16(7-9-18)20(25)24-10-2-3-11-24/h6-9,14-15,17,19H,2-5,10-13H2,1H3,(H2,22,23,26). The summed E-state index contributed by atoms with van der Waals surface area (Å²) in [5.74, 6) is 2.40. The fourth-order valence-electron chi connectivity index (χ4n) is 5.19.